The van der Waals surface area contributed by atoms with Gasteiger partial charge < -0.3 is 10.0 Å². The van der Waals surface area contributed by atoms with Crippen LogP contribution in [0.3, 0.4) is 0 Å². The number of aliphatic hydroxyl groups is 1. The van der Waals surface area contributed by atoms with E-state index in [-0.39, 0.29) is 5.91 Å². The molecule has 2 fully saturated rings. The lowest BCUT2D eigenvalue weighted by molar-refractivity contribution is -0.139. The summed E-state index contributed by atoms with van der Waals surface area (Å²) in [4.78, 5) is 16.6. The fraction of sp³-hybridized carbons (Fsp3) is 0.933. The Morgan fingerprint density at radius 2 is 1.68 bits per heavy atom. The molecule has 4 nitrogen and oxygen atoms in total. The van der Waals surface area contributed by atoms with E-state index in [4.69, 9.17) is 0 Å². The third-order valence-electron chi connectivity index (χ3n) is 4.66. The van der Waals surface area contributed by atoms with Gasteiger partial charge in [-0.15, -0.1) is 0 Å². The second kappa shape index (κ2) is 6.23. The molecule has 1 amide bonds. The van der Waals surface area contributed by atoms with Gasteiger partial charge in [-0.1, -0.05) is 19.3 Å². The minimum Gasteiger partial charge on any atom is -0.389 e. The maximum absolute atomic E-state index is 12.3. The van der Waals surface area contributed by atoms with Gasteiger partial charge in [-0.25, -0.2) is 0 Å². The number of nitrogens with zero attached hydrogens (tertiary/aromatic N) is 2. The lowest BCUT2D eigenvalue weighted by Gasteiger charge is -2.39. The van der Waals surface area contributed by atoms with Gasteiger partial charge in [0, 0.05) is 32.2 Å². The molecule has 4 heteroatoms. The van der Waals surface area contributed by atoms with Crippen LogP contribution in [-0.2, 0) is 4.79 Å². The quantitative estimate of drug-likeness (QED) is 0.846. The fourth-order valence-corrected chi connectivity index (χ4v) is 3.27. The summed E-state index contributed by atoms with van der Waals surface area (Å²) < 4.78 is 0. The van der Waals surface area contributed by atoms with Crippen molar-refractivity contribution in [3.05, 3.63) is 0 Å². The van der Waals surface area contributed by atoms with Crippen LogP contribution in [0.2, 0.25) is 0 Å². The van der Waals surface area contributed by atoms with Crippen molar-refractivity contribution >= 4 is 5.91 Å². The summed E-state index contributed by atoms with van der Waals surface area (Å²) in [6, 6.07) is 0.555. The third-order valence-corrected chi connectivity index (χ3v) is 4.66. The SMILES string of the molecule is CC(C)N1CCN(C(=O)CC2(O)CCCCC2)CC1. The summed E-state index contributed by atoms with van der Waals surface area (Å²) in [7, 11) is 0. The highest BCUT2D eigenvalue weighted by atomic mass is 16.3. The van der Waals surface area contributed by atoms with Gasteiger partial charge in [-0.05, 0) is 26.7 Å². The van der Waals surface area contributed by atoms with Gasteiger partial charge in [-0.3, -0.25) is 9.69 Å². The molecule has 2 rings (SSSR count). The zero-order valence-electron chi connectivity index (χ0n) is 12.4. The molecule has 0 unspecified atom stereocenters. The topological polar surface area (TPSA) is 43.8 Å². The molecule has 0 radical (unpaired) electrons. The summed E-state index contributed by atoms with van der Waals surface area (Å²) in [6.07, 6.45) is 5.24. The molecule has 2 aliphatic rings. The Morgan fingerprint density at radius 3 is 2.21 bits per heavy atom. The van der Waals surface area contributed by atoms with Crippen molar-refractivity contribution in [2.45, 2.75) is 64.0 Å². The minimum atomic E-state index is -0.718. The highest BCUT2D eigenvalue weighted by Crippen LogP contribution is 2.31. The molecule has 1 heterocycles. The molecule has 1 N–H and O–H groups in total. The zero-order chi connectivity index (χ0) is 13.9. The van der Waals surface area contributed by atoms with Gasteiger partial charge >= 0.3 is 0 Å². The van der Waals surface area contributed by atoms with Crippen molar-refractivity contribution in [2.24, 2.45) is 0 Å². The van der Waals surface area contributed by atoms with Crippen molar-refractivity contribution < 1.29 is 9.90 Å². The summed E-state index contributed by atoms with van der Waals surface area (Å²) in [5.74, 6) is 0.146. The molecular formula is C15H28N2O2. The third kappa shape index (κ3) is 3.93. The fourth-order valence-electron chi connectivity index (χ4n) is 3.27. The van der Waals surface area contributed by atoms with Crippen LogP contribution in [-0.4, -0.2) is 58.6 Å². The molecule has 0 atom stereocenters. The van der Waals surface area contributed by atoms with Gasteiger partial charge in [0.2, 0.25) is 5.91 Å². The Morgan fingerprint density at radius 1 is 1.11 bits per heavy atom. The molecule has 0 aromatic rings. The Bertz CT molecular complexity index is 303. The van der Waals surface area contributed by atoms with E-state index < -0.39 is 5.60 Å². The zero-order valence-corrected chi connectivity index (χ0v) is 12.4. The van der Waals surface area contributed by atoms with E-state index in [1.165, 1.54) is 6.42 Å². The highest BCUT2D eigenvalue weighted by Gasteiger charge is 2.34. The molecule has 0 aromatic heterocycles. The average Bonchev–Trinajstić information content (AvgIpc) is 2.39. The first-order valence-electron chi connectivity index (χ1n) is 7.74. The van der Waals surface area contributed by atoms with Crippen LogP contribution >= 0.6 is 0 Å². The number of hydrogen-bond donors (Lipinski definition) is 1. The van der Waals surface area contributed by atoms with Crippen molar-refractivity contribution in [3.63, 3.8) is 0 Å². The lowest BCUT2D eigenvalue weighted by Crippen LogP contribution is -2.52. The second-order valence-electron chi connectivity index (χ2n) is 6.47. The van der Waals surface area contributed by atoms with Crippen LogP contribution in [0.1, 0.15) is 52.4 Å². The van der Waals surface area contributed by atoms with Crippen molar-refractivity contribution in [2.75, 3.05) is 26.2 Å². The number of hydrogen-bond acceptors (Lipinski definition) is 3. The predicted molar refractivity (Wildman–Crippen MR) is 75.9 cm³/mol. The van der Waals surface area contributed by atoms with Crippen LogP contribution in [0.4, 0.5) is 0 Å². The minimum absolute atomic E-state index is 0.146. The van der Waals surface area contributed by atoms with E-state index in [0.717, 1.165) is 51.9 Å². The first-order valence-corrected chi connectivity index (χ1v) is 7.74. The van der Waals surface area contributed by atoms with E-state index in [1.807, 2.05) is 4.90 Å². The number of carbonyl (C=O) groups excluding carboxylic acids is 1. The normalized spacial score (nSPS) is 24.7. The first kappa shape index (κ1) is 14.8. The van der Waals surface area contributed by atoms with E-state index in [9.17, 15) is 9.90 Å². The van der Waals surface area contributed by atoms with Gasteiger partial charge in [0.15, 0.2) is 0 Å². The largest absolute Gasteiger partial charge is 0.389 e. The van der Waals surface area contributed by atoms with E-state index in [0.29, 0.717) is 12.5 Å². The molecule has 110 valence electrons. The van der Waals surface area contributed by atoms with Crippen LogP contribution in [0, 0.1) is 0 Å². The molecule has 1 aliphatic carbocycles. The van der Waals surface area contributed by atoms with Crippen LogP contribution in [0.5, 0.6) is 0 Å². The molecule has 1 saturated heterocycles. The Balaban J connectivity index is 1.81. The van der Waals surface area contributed by atoms with E-state index >= 15 is 0 Å². The van der Waals surface area contributed by atoms with Crippen LogP contribution < -0.4 is 0 Å². The van der Waals surface area contributed by atoms with Gasteiger partial charge in [0.05, 0.1) is 12.0 Å². The molecule has 0 bridgehead atoms. The monoisotopic (exact) mass is 268 g/mol. The molecule has 0 spiro atoms. The summed E-state index contributed by atoms with van der Waals surface area (Å²) in [6.45, 7) is 7.94. The molecule has 19 heavy (non-hydrogen) atoms. The van der Waals surface area contributed by atoms with Crippen molar-refractivity contribution in [3.8, 4) is 0 Å². The Hall–Kier alpha value is -0.610. The Kier molecular flexibility index (Phi) is 4.85. The highest BCUT2D eigenvalue weighted by molar-refractivity contribution is 5.77. The molecule has 0 aromatic carbocycles. The number of piperazine rings is 1. The average molecular weight is 268 g/mol. The van der Waals surface area contributed by atoms with Crippen molar-refractivity contribution in [1.29, 1.82) is 0 Å². The van der Waals surface area contributed by atoms with Gasteiger partial charge in [-0.2, -0.15) is 0 Å². The smallest absolute Gasteiger partial charge is 0.225 e. The first-order chi connectivity index (χ1) is 9.00. The predicted octanol–water partition coefficient (Wildman–Crippen LogP) is 1.62. The summed E-state index contributed by atoms with van der Waals surface area (Å²) >= 11 is 0. The molecule has 1 saturated carbocycles. The number of carbonyl (C=O) groups is 1. The summed E-state index contributed by atoms with van der Waals surface area (Å²) in [5.41, 5.74) is -0.718. The Labute approximate surface area is 116 Å². The standard InChI is InChI=1S/C15H28N2O2/c1-13(2)16-8-10-17(11-9-16)14(18)12-15(19)6-4-3-5-7-15/h13,19H,3-12H2,1-2H3. The second-order valence-corrected chi connectivity index (χ2v) is 6.47. The maximum atomic E-state index is 12.3. The van der Waals surface area contributed by atoms with E-state index in [2.05, 4.69) is 18.7 Å². The lowest BCUT2D eigenvalue weighted by atomic mass is 9.82. The van der Waals surface area contributed by atoms with Crippen molar-refractivity contribution in [1.82, 2.24) is 9.80 Å². The van der Waals surface area contributed by atoms with Crippen LogP contribution in [0.25, 0.3) is 0 Å². The van der Waals surface area contributed by atoms with Gasteiger partial charge in [0.1, 0.15) is 0 Å². The van der Waals surface area contributed by atoms with Gasteiger partial charge in [0.25, 0.3) is 0 Å². The molecule has 1 aliphatic heterocycles. The molecular weight excluding hydrogens is 240 g/mol. The van der Waals surface area contributed by atoms with E-state index in [1.54, 1.807) is 0 Å². The maximum Gasteiger partial charge on any atom is 0.225 e. The summed E-state index contributed by atoms with van der Waals surface area (Å²) in [5, 5.41) is 10.5. The number of amides is 1. The van der Waals surface area contributed by atoms with Crippen LogP contribution in [0.15, 0.2) is 0 Å². The number of rotatable bonds is 3.